The molecule has 0 fully saturated rings. The van der Waals surface area contributed by atoms with E-state index in [1.165, 1.54) is 0 Å². The number of hydrogen-bond acceptors (Lipinski definition) is 3. The fourth-order valence-corrected chi connectivity index (χ4v) is 2.60. The van der Waals surface area contributed by atoms with Gasteiger partial charge in [0.25, 0.3) is 0 Å². The van der Waals surface area contributed by atoms with E-state index in [-0.39, 0.29) is 1.43 Å². The Hall–Kier alpha value is -2.13. The van der Waals surface area contributed by atoms with Gasteiger partial charge in [-0.15, -0.1) is 11.3 Å². The van der Waals surface area contributed by atoms with Crippen molar-refractivity contribution in [3.8, 4) is 11.3 Å². The van der Waals surface area contributed by atoms with Gasteiger partial charge in [-0.2, -0.15) is 0 Å². The minimum atomic E-state index is 0. The summed E-state index contributed by atoms with van der Waals surface area (Å²) in [5.41, 5.74) is 3.24. The highest BCUT2D eigenvalue weighted by Gasteiger charge is 2.04. The summed E-state index contributed by atoms with van der Waals surface area (Å²) in [6, 6.07) is 10.2. The first-order valence-corrected chi connectivity index (χ1v) is 9.11. The van der Waals surface area contributed by atoms with Crippen molar-refractivity contribution in [2.24, 2.45) is 0 Å². The molecule has 2 aromatic rings. The number of allylic oxidation sites excluding steroid dienone is 5. The summed E-state index contributed by atoms with van der Waals surface area (Å²) in [7, 11) is 0. The summed E-state index contributed by atoms with van der Waals surface area (Å²) in [5.74, 6) is 0. The van der Waals surface area contributed by atoms with E-state index in [4.69, 9.17) is 0 Å². The molecule has 0 aliphatic heterocycles. The maximum Gasteiger partial charge on any atom is 0.187 e. The number of hydrogen-bond donors (Lipinski definition) is 1. The number of nitrogens with zero attached hydrogens (tertiary/aromatic N) is 1. The molecule has 1 aromatic carbocycles. The van der Waals surface area contributed by atoms with Crippen LogP contribution in [0.1, 0.15) is 35.5 Å². The molecule has 0 atom stereocenters. The second kappa shape index (κ2) is 11.4. The van der Waals surface area contributed by atoms with Crippen molar-refractivity contribution >= 4 is 16.5 Å². The highest BCUT2D eigenvalue weighted by atomic mass is 32.1. The molecule has 0 saturated carbocycles. The minimum Gasteiger partial charge on any atom is -0.332 e. The van der Waals surface area contributed by atoms with Crippen LogP contribution in [0.4, 0.5) is 5.13 Å². The Morgan fingerprint density at radius 1 is 1.04 bits per heavy atom. The van der Waals surface area contributed by atoms with Crippen molar-refractivity contribution in [1.82, 2.24) is 4.98 Å². The number of thiazole rings is 1. The zero-order chi connectivity index (χ0) is 16.9. The quantitative estimate of drug-likeness (QED) is 0.661. The number of benzene rings is 1. The van der Waals surface area contributed by atoms with Crippen LogP contribution in [0.25, 0.3) is 11.3 Å². The third-order valence-corrected chi connectivity index (χ3v) is 3.56. The predicted octanol–water partition coefficient (Wildman–Crippen LogP) is 6.92. The molecule has 1 N–H and O–H groups in total. The first-order chi connectivity index (χ1) is 11.4. The van der Waals surface area contributed by atoms with Crippen LogP contribution >= 0.6 is 11.3 Å². The molecule has 0 amide bonds. The zero-order valence-corrected chi connectivity index (χ0v) is 15.2. The smallest absolute Gasteiger partial charge is 0.187 e. The molecular formula is C20H28N2S. The maximum absolute atomic E-state index is 4.61. The molecule has 3 heteroatoms. The molecule has 1 aromatic heterocycles. The molecule has 23 heavy (non-hydrogen) atoms. The lowest BCUT2D eigenvalue weighted by molar-refractivity contribution is 1.35. The molecule has 0 radical (unpaired) electrons. The van der Waals surface area contributed by atoms with E-state index in [0.29, 0.717) is 0 Å². The minimum absolute atomic E-state index is 0. The summed E-state index contributed by atoms with van der Waals surface area (Å²) in [6.45, 7) is 8.00. The second-order valence-electron chi connectivity index (χ2n) is 4.22. The van der Waals surface area contributed by atoms with Crippen LogP contribution in [0.3, 0.4) is 0 Å². The van der Waals surface area contributed by atoms with E-state index in [1.807, 2.05) is 45.9 Å². The van der Waals surface area contributed by atoms with E-state index in [2.05, 4.69) is 58.2 Å². The molecule has 0 unspecified atom stereocenters. The average Bonchev–Trinajstić information content (AvgIpc) is 2.95. The number of rotatable bonds is 3. The maximum atomic E-state index is 4.61. The lowest BCUT2D eigenvalue weighted by Crippen LogP contribution is -1.95. The first-order valence-electron chi connectivity index (χ1n) is 8.23. The third-order valence-electron chi connectivity index (χ3n) is 2.81. The van der Waals surface area contributed by atoms with Crippen LogP contribution in [0.15, 0.2) is 71.8 Å². The van der Waals surface area contributed by atoms with Crippen LogP contribution in [0.2, 0.25) is 0 Å². The van der Waals surface area contributed by atoms with Crippen LogP contribution in [-0.4, -0.2) is 4.98 Å². The van der Waals surface area contributed by atoms with Crippen molar-refractivity contribution in [1.29, 1.82) is 0 Å². The Labute approximate surface area is 145 Å². The van der Waals surface area contributed by atoms with Crippen LogP contribution in [0.5, 0.6) is 0 Å². The summed E-state index contributed by atoms with van der Waals surface area (Å²) < 4.78 is 0. The Kier molecular flexibility index (Phi) is 9.41. The molecule has 3 rings (SSSR count). The largest absolute Gasteiger partial charge is 0.332 e. The molecule has 124 valence electrons. The molecule has 0 saturated heterocycles. The summed E-state index contributed by atoms with van der Waals surface area (Å²) in [6.07, 6.45) is 11.5. The Bertz CT molecular complexity index is 643. The Balaban J connectivity index is 0.000000987. The molecule has 0 spiro atoms. The van der Waals surface area contributed by atoms with E-state index < -0.39 is 0 Å². The normalized spacial score (nSPS) is 12.1. The van der Waals surface area contributed by atoms with Crippen molar-refractivity contribution in [2.75, 3.05) is 5.32 Å². The van der Waals surface area contributed by atoms with E-state index in [1.54, 1.807) is 11.3 Å². The van der Waals surface area contributed by atoms with E-state index in [9.17, 15) is 0 Å². The third kappa shape index (κ3) is 6.25. The molecule has 2 nitrogen and oxygen atoms in total. The molecule has 1 heterocycles. The molecule has 1 aliphatic rings. The second-order valence-corrected chi connectivity index (χ2v) is 5.08. The topological polar surface area (TPSA) is 24.9 Å². The van der Waals surface area contributed by atoms with Gasteiger partial charge in [0.15, 0.2) is 5.13 Å². The van der Waals surface area contributed by atoms with Gasteiger partial charge < -0.3 is 5.32 Å². The summed E-state index contributed by atoms with van der Waals surface area (Å²) >= 11 is 1.62. The monoisotopic (exact) mass is 328 g/mol. The van der Waals surface area contributed by atoms with Crippen molar-refractivity contribution in [3.63, 3.8) is 0 Å². The van der Waals surface area contributed by atoms with Gasteiger partial charge in [0.05, 0.1) is 5.69 Å². The van der Waals surface area contributed by atoms with Gasteiger partial charge >= 0.3 is 0 Å². The van der Waals surface area contributed by atoms with Gasteiger partial charge in [0.2, 0.25) is 0 Å². The first kappa shape index (κ1) is 18.9. The Morgan fingerprint density at radius 3 is 2.52 bits per heavy atom. The van der Waals surface area contributed by atoms with Gasteiger partial charge in [-0.3, -0.25) is 0 Å². The summed E-state index contributed by atoms with van der Waals surface area (Å²) in [5, 5.41) is 6.34. The van der Waals surface area contributed by atoms with Gasteiger partial charge in [0, 0.05) is 18.1 Å². The van der Waals surface area contributed by atoms with Crippen LogP contribution in [0, 0.1) is 0 Å². The molecule has 1 aliphatic carbocycles. The van der Waals surface area contributed by atoms with Gasteiger partial charge in [-0.1, -0.05) is 76.3 Å². The van der Waals surface area contributed by atoms with Crippen LogP contribution in [-0.2, 0) is 0 Å². The highest BCUT2D eigenvalue weighted by molar-refractivity contribution is 7.14. The van der Waals surface area contributed by atoms with Crippen LogP contribution < -0.4 is 5.32 Å². The lowest BCUT2D eigenvalue weighted by atomic mass is 10.2. The summed E-state index contributed by atoms with van der Waals surface area (Å²) in [4.78, 5) is 4.61. The van der Waals surface area contributed by atoms with Crippen molar-refractivity contribution in [3.05, 3.63) is 71.8 Å². The van der Waals surface area contributed by atoms with E-state index in [0.717, 1.165) is 28.5 Å². The molecule has 0 bridgehead atoms. The average molecular weight is 329 g/mol. The fraction of sp³-hybridized carbons (Fsp3) is 0.250. The number of aromatic nitrogens is 1. The predicted molar refractivity (Wildman–Crippen MR) is 107 cm³/mol. The fourth-order valence-electron chi connectivity index (χ4n) is 1.86. The van der Waals surface area contributed by atoms with Gasteiger partial charge in [-0.05, 0) is 18.6 Å². The van der Waals surface area contributed by atoms with E-state index >= 15 is 0 Å². The zero-order valence-electron chi connectivity index (χ0n) is 14.4. The Morgan fingerprint density at radius 2 is 1.78 bits per heavy atom. The lowest BCUT2D eigenvalue weighted by Gasteiger charge is -2.01. The van der Waals surface area contributed by atoms with Crippen molar-refractivity contribution in [2.45, 2.75) is 34.1 Å². The van der Waals surface area contributed by atoms with Gasteiger partial charge in [0.1, 0.15) is 0 Å². The van der Waals surface area contributed by atoms with Crippen molar-refractivity contribution < 1.29 is 1.43 Å². The highest BCUT2D eigenvalue weighted by Crippen LogP contribution is 2.25. The SMILES string of the molecule is C1=CCC=CC(Nc2nc(-c3ccccc3)cs2)=C1.CC.CC.[HH]. The number of nitrogens with one attached hydrogen (secondary N) is 1. The standard InChI is InChI=1S/C16H14N2S.2C2H6.H2/c1-2-7-11-14(10-6-1)17-16-18-15(12-19-16)13-8-4-3-5-9-13;2*1-2;/h1,3-12H,2H2,(H,17,18);2*1-2H3;1H. The van der Waals surface area contributed by atoms with Gasteiger partial charge in [-0.25, -0.2) is 4.98 Å². The molecular weight excluding hydrogens is 300 g/mol. The number of anilines is 1.